The zero-order chi connectivity index (χ0) is 86.5. The van der Waals surface area contributed by atoms with Gasteiger partial charge in [-0.15, -0.1) is 0 Å². The summed E-state index contributed by atoms with van der Waals surface area (Å²) in [6.07, 6.45) is 0.112. The Morgan fingerprint density at radius 3 is 1.06 bits per heavy atom. The standard InChI is InChI=1S/C62H128N22O22S6/c1-42(2)27-51(76-57(90)36-80(108(12,97)98)30-49(16-14-23-71-62(68)69)75-56(89)35-79(107(11,95)96)29-46(8)73-55(88)38-81(109(99,100)24-19-63)31-50(74-48(10)86)17-18-60(93)94)33-83(111(103,104)26-21-65)40-59(92)78-53(47(9)85)34-84(112(105,106)41-44(5)6)39-58(91)77-52(28-43(3)4)32-82(110(101,102)25-20-64)37-54(87)72-45(7)15-13-22-70-61(66)67/h42-47,49-53,85H,13-41,63-65H2,1-12H3,(H,72,87)(H,73,88)(H,74,86)(H,75,89)(H,76,90)(H,77,91)(H,78,92)(H,93,94)(H4,66,67,70)(H4,68,69,71)/t45-,46+,47?,49+,50+,51+,52+,53-/m1/s1. The maximum atomic E-state index is 14.3. The largest absolute Gasteiger partial charge is 0.481 e. The van der Waals surface area contributed by atoms with Crippen molar-refractivity contribution >= 4 is 119 Å². The molecule has 0 aromatic carbocycles. The molecule has 654 valence electrons. The molecule has 112 heavy (non-hydrogen) atoms. The highest BCUT2D eigenvalue weighted by Gasteiger charge is 2.37. The van der Waals surface area contributed by atoms with E-state index in [0.717, 1.165) is 23.7 Å². The highest BCUT2D eigenvalue weighted by Crippen LogP contribution is 2.17. The molecule has 0 aliphatic rings. The molecule has 0 saturated carbocycles. The average molecular weight is 1730 g/mol. The second kappa shape index (κ2) is 50.8. The number of aliphatic hydroxyl groups excluding tert-OH is 1. The molecular formula is C62H128N22O22S6. The number of nitrogens with one attached hydrogen (secondary N) is 7. The normalized spacial score (nSPS) is 14.8. The third-order valence-electron chi connectivity index (χ3n) is 16.2. The molecule has 0 saturated heterocycles. The minimum atomic E-state index is -4.56. The van der Waals surface area contributed by atoms with Crippen LogP contribution in [0.3, 0.4) is 0 Å². The van der Waals surface area contributed by atoms with Crippen molar-refractivity contribution in [2.75, 3.05) is 147 Å². The van der Waals surface area contributed by atoms with Crippen LogP contribution in [0.15, 0.2) is 9.98 Å². The van der Waals surface area contributed by atoms with Crippen molar-refractivity contribution in [2.24, 2.45) is 67.9 Å². The van der Waals surface area contributed by atoms with Gasteiger partial charge >= 0.3 is 5.97 Å². The minimum Gasteiger partial charge on any atom is -0.481 e. The van der Waals surface area contributed by atoms with E-state index in [4.69, 9.17) is 40.1 Å². The Bertz CT molecular complexity index is 3780. The molecule has 0 rings (SSSR count). The lowest BCUT2D eigenvalue weighted by Gasteiger charge is -2.32. The van der Waals surface area contributed by atoms with E-state index < -0.39 is 276 Å². The Morgan fingerprint density at radius 1 is 0.393 bits per heavy atom. The van der Waals surface area contributed by atoms with Gasteiger partial charge in [-0.1, -0.05) is 41.5 Å². The van der Waals surface area contributed by atoms with Crippen molar-refractivity contribution in [3.8, 4) is 0 Å². The first-order valence-corrected chi connectivity index (χ1v) is 46.6. The topological polar surface area (TPSA) is 692 Å². The van der Waals surface area contributed by atoms with E-state index in [1.165, 1.54) is 13.8 Å². The van der Waals surface area contributed by atoms with Crippen molar-refractivity contribution in [1.82, 2.24) is 63.0 Å². The molecule has 0 heterocycles. The molecule has 0 aromatic heterocycles. The van der Waals surface area contributed by atoms with Crippen LogP contribution >= 0.6 is 0 Å². The maximum Gasteiger partial charge on any atom is 0.303 e. The molecule has 44 nitrogen and oxygen atoms in total. The lowest BCUT2D eigenvalue weighted by atomic mass is 10.0. The fourth-order valence-electron chi connectivity index (χ4n) is 11.4. The van der Waals surface area contributed by atoms with Gasteiger partial charge in [0.05, 0.1) is 86.9 Å². The number of hydrogen-bond acceptors (Lipinski definition) is 26. The SMILES string of the molecule is CC(=O)N[C@@H](CCC(=O)O)CN(CC(=O)N[C@@H](C)CN(CC(=O)N[C@@H](CCCN=C(N)N)CN(CC(=O)N[C@@H](CC(C)C)CN(CC(=O)N[C@H](CN(CC(=O)N[C@@H](CC(C)C)CN(CC(=O)N[C@H](C)CCCN=C(N)N)S(=O)(=O)CCN)S(=O)(=O)CC(C)C)C(C)O)S(=O)(=O)CCN)S(C)(=O)=O)S(C)(=O)=O)S(=O)(=O)CCN. The number of sulfonamides is 6. The molecule has 0 radical (unpaired) electrons. The predicted molar refractivity (Wildman–Crippen MR) is 424 cm³/mol. The number of nitrogens with zero attached hydrogens (tertiary/aromatic N) is 8. The number of nitrogens with two attached hydrogens (primary N) is 7. The van der Waals surface area contributed by atoms with E-state index >= 15 is 0 Å². The quantitative estimate of drug-likeness (QED) is 0.0153. The van der Waals surface area contributed by atoms with E-state index in [9.17, 15) is 99.1 Å². The monoisotopic (exact) mass is 1720 g/mol. The number of carboxylic acids is 1. The van der Waals surface area contributed by atoms with Crippen molar-refractivity contribution in [3.05, 3.63) is 0 Å². The van der Waals surface area contributed by atoms with Crippen LogP contribution in [0.25, 0.3) is 0 Å². The molecule has 23 N–H and O–H groups in total. The zero-order valence-electron chi connectivity index (χ0n) is 66.5. The predicted octanol–water partition coefficient (Wildman–Crippen LogP) is -8.53. The minimum absolute atomic E-state index is 0.0198. The Morgan fingerprint density at radius 2 is 0.714 bits per heavy atom. The van der Waals surface area contributed by atoms with Crippen LogP contribution in [-0.2, 0) is 98.5 Å². The molecule has 8 atom stereocenters. The maximum absolute atomic E-state index is 14.3. The fourth-order valence-corrected chi connectivity index (χ4v) is 18.6. The second-order valence-electron chi connectivity index (χ2n) is 28.9. The summed E-state index contributed by atoms with van der Waals surface area (Å²) < 4.78 is 168. The molecule has 0 aliphatic heterocycles. The smallest absolute Gasteiger partial charge is 0.303 e. The van der Waals surface area contributed by atoms with Crippen LogP contribution < -0.4 is 77.4 Å². The summed E-state index contributed by atoms with van der Waals surface area (Å²) in [5.74, 6) is -11.7. The first kappa shape index (κ1) is 106. The van der Waals surface area contributed by atoms with Crippen LogP contribution in [0.5, 0.6) is 0 Å². The number of carbonyl (C=O) groups is 8. The number of guanidine groups is 2. The van der Waals surface area contributed by atoms with E-state index in [1.54, 1.807) is 48.5 Å². The number of carbonyl (C=O) groups excluding carboxylic acids is 7. The van der Waals surface area contributed by atoms with Crippen LogP contribution in [0, 0.1) is 17.8 Å². The molecule has 0 bridgehead atoms. The van der Waals surface area contributed by atoms with Gasteiger partial charge in [-0.3, -0.25) is 48.3 Å². The molecule has 0 spiro atoms. The molecule has 50 heteroatoms. The van der Waals surface area contributed by atoms with Gasteiger partial charge in [-0.25, -0.2) is 50.5 Å². The van der Waals surface area contributed by atoms with Gasteiger partial charge in [0.25, 0.3) is 0 Å². The Kier molecular flexibility index (Phi) is 47.9. The van der Waals surface area contributed by atoms with Crippen molar-refractivity contribution < 1.29 is 99.1 Å². The lowest BCUT2D eigenvalue weighted by Crippen LogP contribution is -2.57. The third-order valence-corrected chi connectivity index (χ3v) is 26.3. The van der Waals surface area contributed by atoms with E-state index in [2.05, 4.69) is 47.2 Å². The van der Waals surface area contributed by atoms with Gasteiger partial charge in [-0.05, 0) is 83.5 Å². The molecule has 0 aliphatic carbocycles. The molecule has 0 aromatic rings. The number of hydrogen-bond donors (Lipinski definition) is 16. The molecular weight excluding hydrogens is 1600 g/mol. The van der Waals surface area contributed by atoms with Crippen LogP contribution in [0.1, 0.15) is 121 Å². The average Bonchev–Trinajstić information content (AvgIpc) is 0.838. The number of aliphatic hydroxyl groups is 1. The van der Waals surface area contributed by atoms with Gasteiger partial charge in [0.2, 0.25) is 101 Å². The summed E-state index contributed by atoms with van der Waals surface area (Å²) in [7, 11) is -26.4. The highest BCUT2D eigenvalue weighted by molar-refractivity contribution is 7.90. The summed E-state index contributed by atoms with van der Waals surface area (Å²) in [6.45, 7) is 5.19. The Labute approximate surface area is 661 Å². The van der Waals surface area contributed by atoms with Gasteiger partial charge < -0.3 is 87.6 Å². The lowest BCUT2D eigenvalue weighted by molar-refractivity contribution is -0.137. The summed E-state index contributed by atoms with van der Waals surface area (Å²) >= 11 is 0. The highest BCUT2D eigenvalue weighted by atomic mass is 32.2. The van der Waals surface area contributed by atoms with Crippen molar-refractivity contribution in [3.63, 3.8) is 0 Å². The van der Waals surface area contributed by atoms with Crippen molar-refractivity contribution in [2.45, 2.75) is 169 Å². The van der Waals surface area contributed by atoms with Gasteiger partial charge in [0, 0.05) is 122 Å². The second-order valence-corrected chi connectivity index (χ2v) is 41.1. The number of aliphatic carboxylic acids is 1. The Balaban J connectivity index is 7.17. The van der Waals surface area contributed by atoms with Crippen LogP contribution in [0.2, 0.25) is 0 Å². The first-order chi connectivity index (χ1) is 51.5. The summed E-state index contributed by atoms with van der Waals surface area (Å²) in [5.41, 5.74) is 38.8. The zero-order valence-corrected chi connectivity index (χ0v) is 71.4. The van der Waals surface area contributed by atoms with E-state index in [1.807, 2.05) is 0 Å². The number of amides is 7. The molecule has 0 fully saturated rings. The first-order valence-electron chi connectivity index (χ1n) is 36.4. The van der Waals surface area contributed by atoms with E-state index in [0.29, 0.717) is 34.4 Å². The molecule has 7 amide bonds. The number of rotatable bonds is 61. The number of carboxylic acid groups (broad SMARTS) is 1. The fraction of sp³-hybridized carbons (Fsp3) is 0.839. The summed E-state index contributed by atoms with van der Waals surface area (Å²) in [5, 5.41) is 38.5. The summed E-state index contributed by atoms with van der Waals surface area (Å²) in [4.78, 5) is 115. The molecule has 1 unspecified atom stereocenters. The van der Waals surface area contributed by atoms with Gasteiger partial charge in [0.1, 0.15) is 0 Å². The van der Waals surface area contributed by atoms with Gasteiger partial charge in [-0.2, -0.15) is 25.8 Å². The van der Waals surface area contributed by atoms with Crippen LogP contribution in [0.4, 0.5) is 0 Å². The van der Waals surface area contributed by atoms with Gasteiger partial charge in [0.15, 0.2) is 11.9 Å². The third kappa shape index (κ3) is 46.2. The summed E-state index contributed by atoms with van der Waals surface area (Å²) in [6, 6.07) is -7.72. The Hall–Kier alpha value is -6.40. The van der Waals surface area contributed by atoms with Crippen molar-refractivity contribution in [1.29, 1.82) is 0 Å². The van der Waals surface area contributed by atoms with E-state index in [-0.39, 0.29) is 82.0 Å². The number of aliphatic imine (C=N–C) groups is 2. The van der Waals surface area contributed by atoms with Crippen LogP contribution in [-0.4, -0.2) is 341 Å².